The molecule has 29 heavy (non-hydrogen) atoms. The fourth-order valence-electron chi connectivity index (χ4n) is 2.23. The number of aliphatic hydroxyl groups excluding tert-OH is 2. The number of aromatic amines is 1. The van der Waals surface area contributed by atoms with Gasteiger partial charge in [-0.3, -0.25) is 9.32 Å². The summed E-state index contributed by atoms with van der Waals surface area (Å²) in [4.78, 5) is 61.2. The summed E-state index contributed by atoms with van der Waals surface area (Å²) in [6, 6.07) is 0.987. The Labute approximate surface area is 164 Å². The molecule has 1 saturated heterocycles. The van der Waals surface area contributed by atoms with E-state index in [2.05, 4.69) is 18.1 Å². The Balaban J connectivity index is 2.08. The maximum absolute atomic E-state index is 11.8. The zero-order chi connectivity index (χ0) is 22.2. The Kier molecular flexibility index (Phi) is 7.51. The molecule has 16 nitrogen and oxygen atoms in total. The van der Waals surface area contributed by atoms with Crippen LogP contribution in [0.5, 0.6) is 0 Å². The van der Waals surface area contributed by atoms with Gasteiger partial charge >= 0.3 is 29.2 Å². The quantitative estimate of drug-likeness (QED) is 0.195. The third-order valence-electron chi connectivity index (χ3n) is 3.30. The summed E-state index contributed by atoms with van der Waals surface area (Å²) in [7, 11) is -16.7. The molecule has 6 atom stereocenters. The Hall–Kier alpha value is -0.640. The smallest absolute Gasteiger partial charge is 0.389 e. The number of H-pyrrole nitrogens is 1. The zero-order valence-corrected chi connectivity index (χ0v) is 17.3. The maximum Gasteiger partial charge on any atom is 0.490 e. The first-order valence-corrected chi connectivity index (χ1v) is 12.7. The van der Waals surface area contributed by atoms with Crippen molar-refractivity contribution in [1.82, 2.24) is 9.55 Å². The van der Waals surface area contributed by atoms with Gasteiger partial charge in [0.25, 0.3) is 5.56 Å². The molecule has 0 amide bonds. The lowest BCUT2D eigenvalue weighted by atomic mass is 10.1. The molecule has 1 fully saturated rings. The van der Waals surface area contributed by atoms with Gasteiger partial charge in [0.2, 0.25) is 0 Å². The van der Waals surface area contributed by atoms with Crippen molar-refractivity contribution >= 4 is 35.2 Å². The molecular formula is C9H15N2O14P3S. The van der Waals surface area contributed by atoms with E-state index in [-0.39, 0.29) is 0 Å². The molecule has 0 aromatic carbocycles. The van der Waals surface area contributed by atoms with Crippen LogP contribution in [0.1, 0.15) is 5.37 Å². The maximum atomic E-state index is 11.8. The summed E-state index contributed by atoms with van der Waals surface area (Å²) >= 11 is 0.620. The first-order valence-electron chi connectivity index (χ1n) is 7.22. The Morgan fingerprint density at radius 3 is 2.21 bits per heavy atom. The molecule has 1 aliphatic rings. The minimum absolute atomic E-state index is 0.601. The fourth-order valence-corrected chi connectivity index (χ4v) is 6.84. The average Bonchev–Trinajstić information content (AvgIpc) is 2.78. The van der Waals surface area contributed by atoms with Crippen LogP contribution in [0.4, 0.5) is 0 Å². The standard InChI is InChI=1S/C9H15N2O14P3S/c12-5-1-2-10-9(15)11(5)8-7(14)6(13)4(29-8)3-23-27(19,20)25-28(21,22)24-26(16,17)18/h1-2,4,6-8,13-14H,3H2,(H,10,15)(H,19,20)(H,21,22)(H2,16,17,18). The van der Waals surface area contributed by atoms with Gasteiger partial charge in [0.05, 0.1) is 18.0 Å². The molecule has 1 aromatic rings. The Morgan fingerprint density at radius 1 is 1.03 bits per heavy atom. The van der Waals surface area contributed by atoms with E-state index in [0.717, 1.165) is 12.3 Å². The number of phosphoric ester groups is 1. The summed E-state index contributed by atoms with van der Waals surface area (Å²) < 4.78 is 45.6. The normalized spacial score (nSPS) is 29.3. The van der Waals surface area contributed by atoms with Gasteiger partial charge in [-0.15, -0.1) is 11.8 Å². The van der Waals surface area contributed by atoms with Crippen molar-refractivity contribution in [3.63, 3.8) is 0 Å². The molecule has 2 heterocycles. The van der Waals surface area contributed by atoms with Crippen molar-refractivity contribution in [2.24, 2.45) is 0 Å². The number of aliphatic hydroxyl groups is 2. The van der Waals surface area contributed by atoms with E-state index < -0.39 is 64.2 Å². The Bertz CT molecular complexity index is 974. The number of thioether (sulfide) groups is 1. The number of phosphoric acid groups is 3. The minimum atomic E-state index is -5.71. The van der Waals surface area contributed by atoms with Crippen LogP contribution < -0.4 is 11.2 Å². The number of nitrogens with zero attached hydrogens (tertiary/aromatic N) is 1. The van der Waals surface area contributed by atoms with E-state index >= 15 is 0 Å². The number of hydrogen-bond acceptors (Lipinski definition) is 11. The van der Waals surface area contributed by atoms with E-state index in [1.165, 1.54) is 0 Å². The molecule has 1 aromatic heterocycles. The third-order valence-corrected chi connectivity index (χ3v) is 8.63. The molecular weight excluding hydrogens is 485 g/mol. The number of rotatable bonds is 8. The van der Waals surface area contributed by atoms with Crippen molar-refractivity contribution in [1.29, 1.82) is 0 Å². The van der Waals surface area contributed by atoms with Crippen LogP contribution in [0.15, 0.2) is 21.9 Å². The third kappa shape index (κ3) is 6.67. The van der Waals surface area contributed by atoms with Crippen molar-refractivity contribution in [3.8, 4) is 0 Å². The van der Waals surface area contributed by atoms with Gasteiger partial charge < -0.3 is 34.8 Å². The molecule has 0 spiro atoms. The van der Waals surface area contributed by atoms with Crippen LogP contribution in [-0.4, -0.2) is 63.4 Å². The average molecular weight is 500 g/mol. The lowest BCUT2D eigenvalue weighted by Gasteiger charge is -2.19. The summed E-state index contributed by atoms with van der Waals surface area (Å²) in [5.74, 6) is 0. The fraction of sp³-hybridized carbons (Fsp3) is 0.556. The van der Waals surface area contributed by atoms with Crippen molar-refractivity contribution in [2.75, 3.05) is 6.61 Å². The van der Waals surface area contributed by atoms with Crippen molar-refractivity contribution in [3.05, 3.63) is 33.1 Å². The predicted molar refractivity (Wildman–Crippen MR) is 93.6 cm³/mol. The molecule has 2 rings (SSSR count). The SMILES string of the molecule is O=c1cc[nH]c(=O)n1C1SC(COP(=O)(O)OP(=O)(O)OP(=O)(O)O)C(O)C1O. The van der Waals surface area contributed by atoms with Gasteiger partial charge in [-0.1, -0.05) is 0 Å². The monoisotopic (exact) mass is 500 g/mol. The molecule has 1 aliphatic heterocycles. The lowest BCUT2D eigenvalue weighted by molar-refractivity contribution is 0.00954. The van der Waals surface area contributed by atoms with Gasteiger partial charge in [0, 0.05) is 12.3 Å². The van der Waals surface area contributed by atoms with Gasteiger partial charge in [0.1, 0.15) is 11.5 Å². The van der Waals surface area contributed by atoms with Gasteiger partial charge in [-0.05, 0) is 0 Å². The molecule has 7 N–H and O–H groups in total. The summed E-state index contributed by atoms with van der Waals surface area (Å²) in [5, 5.41) is 17.6. The molecule has 166 valence electrons. The number of aromatic nitrogens is 2. The van der Waals surface area contributed by atoms with E-state index in [1.54, 1.807) is 0 Å². The van der Waals surface area contributed by atoms with Gasteiger partial charge in [-0.25, -0.2) is 23.1 Å². The second-order valence-corrected chi connectivity index (χ2v) is 11.2. The van der Waals surface area contributed by atoms with E-state index in [1.807, 2.05) is 0 Å². The highest BCUT2D eigenvalue weighted by molar-refractivity contribution is 8.00. The lowest BCUT2D eigenvalue weighted by Crippen LogP contribution is -2.41. The minimum Gasteiger partial charge on any atom is -0.389 e. The summed E-state index contributed by atoms with van der Waals surface area (Å²) in [5.41, 5.74) is -1.69. The second-order valence-electron chi connectivity index (χ2n) is 5.42. The van der Waals surface area contributed by atoms with E-state index in [9.17, 15) is 38.4 Å². The zero-order valence-electron chi connectivity index (χ0n) is 13.8. The Morgan fingerprint density at radius 2 is 1.66 bits per heavy atom. The highest BCUT2D eigenvalue weighted by Crippen LogP contribution is 2.66. The van der Waals surface area contributed by atoms with Crippen LogP contribution in [0.3, 0.4) is 0 Å². The second kappa shape index (κ2) is 8.85. The van der Waals surface area contributed by atoms with Crippen molar-refractivity contribution < 1.29 is 56.6 Å². The van der Waals surface area contributed by atoms with Crippen LogP contribution in [-0.2, 0) is 26.8 Å². The highest BCUT2D eigenvalue weighted by Gasteiger charge is 2.46. The molecule has 0 bridgehead atoms. The van der Waals surface area contributed by atoms with Gasteiger partial charge in [0.15, 0.2) is 0 Å². The highest BCUT2D eigenvalue weighted by atomic mass is 32.2. The molecule has 20 heteroatoms. The van der Waals surface area contributed by atoms with Crippen LogP contribution in [0.2, 0.25) is 0 Å². The molecule has 0 aliphatic carbocycles. The first kappa shape index (κ1) is 24.6. The van der Waals surface area contributed by atoms with Crippen LogP contribution in [0, 0.1) is 0 Å². The van der Waals surface area contributed by atoms with Gasteiger partial charge in [-0.2, -0.15) is 8.62 Å². The molecule has 0 radical (unpaired) electrons. The van der Waals surface area contributed by atoms with Crippen LogP contribution >= 0.6 is 35.2 Å². The largest absolute Gasteiger partial charge is 0.490 e. The topological polar surface area (TPSA) is 255 Å². The molecule has 6 unspecified atom stereocenters. The number of hydrogen-bond donors (Lipinski definition) is 7. The summed E-state index contributed by atoms with van der Waals surface area (Å²) in [6.07, 6.45) is -2.27. The van der Waals surface area contributed by atoms with E-state index in [4.69, 9.17) is 14.7 Å². The first-order chi connectivity index (χ1) is 13.1. The predicted octanol–water partition coefficient (Wildman–Crippen LogP) is -1.78. The number of nitrogens with one attached hydrogen (secondary N) is 1. The van der Waals surface area contributed by atoms with E-state index in [0.29, 0.717) is 16.3 Å². The van der Waals surface area contributed by atoms with Crippen molar-refractivity contribution in [2.45, 2.75) is 22.8 Å². The summed E-state index contributed by atoms with van der Waals surface area (Å²) in [6.45, 7) is -0.900. The van der Waals surface area contributed by atoms with Crippen LogP contribution in [0.25, 0.3) is 0 Å². The molecule has 0 saturated carbocycles.